The third-order valence-corrected chi connectivity index (χ3v) is 5.77. The van der Waals surface area contributed by atoms with Crippen molar-refractivity contribution >= 4 is 17.9 Å². The Morgan fingerprint density at radius 3 is 1.53 bits per heavy atom. The summed E-state index contributed by atoms with van der Waals surface area (Å²) in [4.78, 5) is 35.0. The van der Waals surface area contributed by atoms with Gasteiger partial charge in [-0.2, -0.15) is 0 Å². The number of esters is 3. The number of benzene rings is 3. The van der Waals surface area contributed by atoms with Gasteiger partial charge in [-0.3, -0.25) is 0 Å². The van der Waals surface area contributed by atoms with Crippen LogP contribution in [0, 0.1) is 5.82 Å². The molecule has 224 valence electrons. The number of carbonyl (C=O) groups excluding carboxylic acids is 3. The lowest BCUT2D eigenvalue weighted by atomic mass is 9.99. The van der Waals surface area contributed by atoms with Gasteiger partial charge < -0.3 is 23.7 Å². The van der Waals surface area contributed by atoms with Gasteiger partial charge in [0.05, 0.1) is 0 Å². The molecular formula is C34H33FO8. The third kappa shape index (κ3) is 9.71. The molecule has 0 radical (unpaired) electrons. The Hall–Kier alpha value is -5.18. The van der Waals surface area contributed by atoms with Gasteiger partial charge in [-0.15, -0.1) is 0 Å². The SMILES string of the molecule is C=C(C)C(=O)OCCOc1cc(OCCOC(=O)C(=C)C)cc(-c2ccc(-c3ccc(OC(=O)C(=C)C)cc3)c(F)c2)c1. The van der Waals surface area contributed by atoms with Crippen LogP contribution in [0.5, 0.6) is 17.2 Å². The van der Waals surface area contributed by atoms with E-state index in [9.17, 15) is 14.4 Å². The Bertz CT molecular complexity index is 1490. The fourth-order valence-corrected chi connectivity index (χ4v) is 3.56. The average molecular weight is 589 g/mol. The summed E-state index contributed by atoms with van der Waals surface area (Å²) in [7, 11) is 0. The lowest BCUT2D eigenvalue weighted by Gasteiger charge is -2.14. The topological polar surface area (TPSA) is 97.4 Å². The first kappa shape index (κ1) is 32.3. The maximum atomic E-state index is 15.3. The van der Waals surface area contributed by atoms with Crippen molar-refractivity contribution in [2.75, 3.05) is 26.4 Å². The van der Waals surface area contributed by atoms with E-state index >= 15 is 4.39 Å². The van der Waals surface area contributed by atoms with Gasteiger partial charge in [0, 0.05) is 28.3 Å². The molecule has 0 heterocycles. The van der Waals surface area contributed by atoms with Crippen LogP contribution >= 0.6 is 0 Å². The molecule has 3 aromatic carbocycles. The second-order valence-electron chi connectivity index (χ2n) is 9.61. The fourth-order valence-electron chi connectivity index (χ4n) is 3.56. The minimum atomic E-state index is -0.543. The molecule has 0 aliphatic carbocycles. The molecule has 0 aromatic heterocycles. The number of ether oxygens (including phenoxy) is 5. The van der Waals surface area contributed by atoms with Gasteiger partial charge in [-0.1, -0.05) is 44.0 Å². The Balaban J connectivity index is 1.80. The van der Waals surface area contributed by atoms with E-state index in [0.717, 1.165) is 0 Å². The van der Waals surface area contributed by atoms with E-state index in [0.29, 0.717) is 39.5 Å². The summed E-state index contributed by atoms with van der Waals surface area (Å²) in [5, 5.41) is 0. The maximum Gasteiger partial charge on any atom is 0.338 e. The lowest BCUT2D eigenvalue weighted by Crippen LogP contribution is -2.13. The van der Waals surface area contributed by atoms with Crippen LogP contribution in [0.4, 0.5) is 4.39 Å². The highest BCUT2D eigenvalue weighted by Gasteiger charge is 2.13. The van der Waals surface area contributed by atoms with E-state index in [-0.39, 0.29) is 43.1 Å². The first-order valence-electron chi connectivity index (χ1n) is 13.3. The van der Waals surface area contributed by atoms with Crippen molar-refractivity contribution in [3.05, 3.63) is 103 Å². The molecule has 0 unspecified atom stereocenters. The van der Waals surface area contributed by atoms with Crippen molar-refractivity contribution in [1.82, 2.24) is 0 Å². The summed E-state index contributed by atoms with van der Waals surface area (Å²) in [5.41, 5.74) is 2.91. The van der Waals surface area contributed by atoms with Crippen LogP contribution in [0.1, 0.15) is 20.8 Å². The number of carbonyl (C=O) groups is 3. The van der Waals surface area contributed by atoms with Crippen LogP contribution in [0.25, 0.3) is 22.3 Å². The molecule has 0 aliphatic rings. The van der Waals surface area contributed by atoms with E-state index in [1.807, 2.05) is 0 Å². The molecule has 0 bridgehead atoms. The molecule has 0 N–H and O–H groups in total. The van der Waals surface area contributed by atoms with Crippen molar-refractivity contribution in [1.29, 1.82) is 0 Å². The van der Waals surface area contributed by atoms with Crippen molar-refractivity contribution < 1.29 is 42.5 Å². The van der Waals surface area contributed by atoms with Crippen LogP contribution in [0.3, 0.4) is 0 Å². The lowest BCUT2D eigenvalue weighted by molar-refractivity contribution is -0.140. The van der Waals surface area contributed by atoms with E-state index in [1.54, 1.807) is 75.4 Å². The van der Waals surface area contributed by atoms with Gasteiger partial charge in [-0.05, 0) is 67.8 Å². The van der Waals surface area contributed by atoms with E-state index in [1.165, 1.54) is 6.07 Å². The summed E-state index contributed by atoms with van der Waals surface area (Å²) in [5.74, 6) is -0.964. The minimum Gasteiger partial charge on any atom is -0.490 e. The number of hydrogen-bond donors (Lipinski definition) is 0. The van der Waals surface area contributed by atoms with Crippen molar-refractivity contribution in [3.8, 4) is 39.5 Å². The zero-order chi connectivity index (χ0) is 31.5. The van der Waals surface area contributed by atoms with Crippen LogP contribution in [-0.4, -0.2) is 44.3 Å². The Morgan fingerprint density at radius 1 is 0.581 bits per heavy atom. The summed E-state index contributed by atoms with van der Waals surface area (Å²) >= 11 is 0. The van der Waals surface area contributed by atoms with Gasteiger partial charge in [0.25, 0.3) is 0 Å². The van der Waals surface area contributed by atoms with Crippen LogP contribution in [-0.2, 0) is 23.9 Å². The molecule has 8 nitrogen and oxygen atoms in total. The number of halogens is 1. The Kier molecular flexibility index (Phi) is 11.4. The largest absolute Gasteiger partial charge is 0.490 e. The fraction of sp³-hybridized carbons (Fsp3) is 0.206. The molecule has 3 rings (SSSR count). The van der Waals surface area contributed by atoms with Crippen molar-refractivity contribution in [2.45, 2.75) is 20.8 Å². The van der Waals surface area contributed by atoms with E-state index in [2.05, 4.69) is 19.7 Å². The van der Waals surface area contributed by atoms with Crippen LogP contribution in [0.2, 0.25) is 0 Å². The minimum absolute atomic E-state index is 0.00250. The molecule has 0 atom stereocenters. The van der Waals surface area contributed by atoms with Crippen LogP contribution in [0.15, 0.2) is 97.1 Å². The molecule has 0 saturated heterocycles. The highest BCUT2D eigenvalue weighted by Crippen LogP contribution is 2.33. The molecule has 9 heteroatoms. The quantitative estimate of drug-likeness (QED) is 0.0895. The van der Waals surface area contributed by atoms with E-state index < -0.39 is 23.7 Å². The maximum absolute atomic E-state index is 15.3. The molecule has 0 fully saturated rings. The van der Waals surface area contributed by atoms with E-state index in [4.69, 9.17) is 23.7 Å². The average Bonchev–Trinajstić information content (AvgIpc) is 2.97. The highest BCUT2D eigenvalue weighted by molar-refractivity contribution is 5.89. The summed E-state index contributed by atoms with van der Waals surface area (Å²) in [6, 6.07) is 16.3. The molecule has 43 heavy (non-hydrogen) atoms. The summed E-state index contributed by atoms with van der Waals surface area (Å²) < 4.78 is 42.2. The highest BCUT2D eigenvalue weighted by atomic mass is 19.1. The Labute approximate surface area is 250 Å². The monoisotopic (exact) mass is 588 g/mol. The smallest absolute Gasteiger partial charge is 0.338 e. The van der Waals surface area contributed by atoms with Crippen molar-refractivity contribution in [2.24, 2.45) is 0 Å². The molecular weight excluding hydrogens is 555 g/mol. The van der Waals surface area contributed by atoms with Crippen molar-refractivity contribution in [3.63, 3.8) is 0 Å². The predicted molar refractivity (Wildman–Crippen MR) is 160 cm³/mol. The van der Waals surface area contributed by atoms with Gasteiger partial charge >= 0.3 is 17.9 Å². The second-order valence-corrected chi connectivity index (χ2v) is 9.61. The third-order valence-electron chi connectivity index (χ3n) is 5.77. The van der Waals surface area contributed by atoms with Gasteiger partial charge in [-0.25, -0.2) is 18.8 Å². The Morgan fingerprint density at radius 2 is 1.07 bits per heavy atom. The predicted octanol–water partition coefficient (Wildman–Crippen LogP) is 6.64. The molecule has 0 spiro atoms. The first-order chi connectivity index (χ1) is 20.4. The number of rotatable bonds is 14. The molecule has 0 saturated carbocycles. The standard InChI is InChI=1S/C34H33FO8/c1-21(2)32(36)41-15-13-39-28-17-26(18-29(20-28)40-14-16-42-33(37)22(3)4)25-9-12-30(31(35)19-25)24-7-10-27(11-8-24)43-34(38)23(5)6/h7-12,17-20H,1,3,5,13-16H2,2,4,6H3. The zero-order valence-corrected chi connectivity index (χ0v) is 24.4. The first-order valence-corrected chi connectivity index (χ1v) is 13.3. The van der Waals surface area contributed by atoms with Crippen LogP contribution < -0.4 is 14.2 Å². The summed E-state index contributed by atoms with van der Waals surface area (Å²) in [6.45, 7) is 15.4. The molecule has 0 amide bonds. The molecule has 0 aliphatic heterocycles. The normalized spacial score (nSPS) is 10.3. The van der Waals surface area contributed by atoms with Gasteiger partial charge in [0.15, 0.2) is 0 Å². The second kappa shape index (κ2) is 15.2. The van der Waals surface area contributed by atoms with Gasteiger partial charge in [0.1, 0.15) is 49.5 Å². The van der Waals surface area contributed by atoms with Gasteiger partial charge in [0.2, 0.25) is 0 Å². The zero-order valence-electron chi connectivity index (χ0n) is 24.4. The molecule has 3 aromatic rings. The number of hydrogen-bond acceptors (Lipinski definition) is 8. The summed E-state index contributed by atoms with van der Waals surface area (Å²) in [6.07, 6.45) is 0.